The largest absolute Gasteiger partial charge is 0.310 e. The fourth-order valence-electron chi connectivity index (χ4n) is 32.2. The zero-order valence-electron chi connectivity index (χ0n) is 61.6. The van der Waals surface area contributed by atoms with Gasteiger partial charge in [0, 0.05) is 61.2 Å². The molecular formula is C103H98N2. The summed E-state index contributed by atoms with van der Waals surface area (Å²) in [5.41, 5.74) is 35.7. The molecule has 0 amide bonds. The van der Waals surface area contributed by atoms with Crippen molar-refractivity contribution in [3.05, 3.63) is 274 Å². The minimum Gasteiger partial charge on any atom is -0.310 e. The fourth-order valence-corrected chi connectivity index (χ4v) is 32.2. The van der Waals surface area contributed by atoms with Crippen molar-refractivity contribution < 1.29 is 0 Å². The van der Waals surface area contributed by atoms with Crippen molar-refractivity contribution in [1.29, 1.82) is 0 Å². The van der Waals surface area contributed by atoms with Crippen LogP contribution in [0.25, 0.3) is 44.5 Å². The molecule has 20 aliphatic carbocycles. The predicted molar refractivity (Wildman–Crippen MR) is 427 cm³/mol. The van der Waals surface area contributed by atoms with E-state index in [9.17, 15) is 0 Å². The first-order chi connectivity index (χ1) is 51.6. The molecule has 30 rings (SSSR count). The Hall–Kier alpha value is -8.20. The summed E-state index contributed by atoms with van der Waals surface area (Å²) in [6, 6.07) is 90.5. The maximum Gasteiger partial charge on any atom is 0.0465 e. The van der Waals surface area contributed by atoms with Crippen molar-refractivity contribution in [2.75, 3.05) is 9.80 Å². The Morgan fingerprint density at radius 2 is 0.400 bits per heavy atom. The van der Waals surface area contributed by atoms with Gasteiger partial charge in [-0.1, -0.05) is 159 Å². The number of anilines is 6. The average Bonchev–Trinajstić information content (AvgIpc) is 1.56. The fraction of sp³-hybridized carbons (Fsp3) is 0.417. The van der Waals surface area contributed by atoms with Crippen molar-refractivity contribution in [3.63, 3.8) is 0 Å². The summed E-state index contributed by atoms with van der Waals surface area (Å²) in [6.07, 6.45) is 28.1. The first-order valence-corrected chi connectivity index (χ1v) is 42.4. The molecule has 2 nitrogen and oxygen atoms in total. The van der Waals surface area contributed by atoms with Gasteiger partial charge in [-0.3, -0.25) is 0 Å². The van der Waals surface area contributed by atoms with Crippen LogP contribution in [0.2, 0.25) is 0 Å². The number of hydrogen-bond donors (Lipinski definition) is 0. The van der Waals surface area contributed by atoms with Gasteiger partial charge in [0.25, 0.3) is 0 Å². The standard InChI is InChI=1S/C103H98N2/c1-99(2,67-19-23-77(24-20-67)104(79-27-31-87-83-11-3-7-15-91(83)100(95(87)55-79)69-39-59-35-60(41-69)42-70(100)40-59)80-28-32-88-84-12-4-8-16-92(84)101(96(88)56-80)71-43-61-36-62(45-71)46-72(101)44-61)68-21-25-78(26-22-68)105(81-29-33-89-85-13-5-9-17-93(85)102(97(89)57-81)73-47-63-37-64(49-73)50-74(102)48-63)82-30-34-90-86-14-6-10-18-94(86)103(98(90)58-82)75-51-65-38-66(53-75)54-76(103)52-65/h3-34,55-66,69-76H,35-54H2,1-2H3. The topological polar surface area (TPSA) is 6.48 Å². The number of nitrogens with zero attached hydrogens (tertiary/aromatic N) is 2. The van der Waals surface area contributed by atoms with Gasteiger partial charge >= 0.3 is 0 Å². The van der Waals surface area contributed by atoms with E-state index in [0.717, 1.165) is 47.3 Å². The van der Waals surface area contributed by atoms with E-state index in [0.29, 0.717) is 47.3 Å². The van der Waals surface area contributed by atoms with E-state index in [1.807, 2.05) is 0 Å². The third kappa shape index (κ3) is 7.47. The molecule has 10 aromatic carbocycles. The van der Waals surface area contributed by atoms with E-state index in [-0.39, 0.29) is 27.1 Å². The molecule has 4 spiro atoms. The zero-order valence-corrected chi connectivity index (χ0v) is 61.6. The highest BCUT2D eigenvalue weighted by molar-refractivity contribution is 5.92. The molecule has 0 aromatic heterocycles. The van der Waals surface area contributed by atoms with Crippen LogP contribution in [-0.4, -0.2) is 0 Å². The van der Waals surface area contributed by atoms with Crippen LogP contribution in [0.15, 0.2) is 218 Å². The number of rotatable bonds is 8. The monoisotopic (exact) mass is 1360 g/mol. The molecule has 0 N–H and O–H groups in total. The first-order valence-electron chi connectivity index (χ1n) is 42.4. The van der Waals surface area contributed by atoms with Gasteiger partial charge < -0.3 is 9.80 Å². The van der Waals surface area contributed by atoms with E-state index in [1.54, 1.807) is 44.5 Å². The highest BCUT2D eigenvalue weighted by Crippen LogP contribution is 2.75. The molecule has 16 saturated carbocycles. The Balaban J connectivity index is 0.605. The number of benzene rings is 10. The summed E-state index contributed by atoms with van der Waals surface area (Å²) in [7, 11) is 0. The Kier molecular flexibility index (Phi) is 11.8. The van der Waals surface area contributed by atoms with Gasteiger partial charge in [0.1, 0.15) is 0 Å². The van der Waals surface area contributed by atoms with Crippen molar-refractivity contribution >= 4 is 34.1 Å². The van der Waals surface area contributed by atoms with Crippen LogP contribution in [0.3, 0.4) is 0 Å². The Labute approximate surface area is 622 Å². The quantitative estimate of drug-likeness (QED) is 0.150. The van der Waals surface area contributed by atoms with Crippen LogP contribution in [0.1, 0.15) is 198 Å². The van der Waals surface area contributed by atoms with Crippen molar-refractivity contribution in [2.45, 2.75) is 169 Å². The summed E-state index contributed by atoms with van der Waals surface area (Å²) in [6.45, 7) is 4.98. The third-order valence-corrected chi connectivity index (χ3v) is 34.9. The SMILES string of the molecule is CC(C)(c1ccc(N(c2ccc3c(c2)C2(c4ccccc4-3)C3CC4CC(C3)CC2C4)c2ccc3c(c2)C2(c4ccccc4-3)C3CC4CC(C3)CC2C4)cc1)c1ccc(N(c2ccc3c(c2)C2(c4ccccc4-3)C3CC4CC(C3)CC2C4)c2ccc3c(c2)C2(c4ccccc4-3)C3CC4CC(C3)CC2C4)cc1. The molecule has 0 unspecified atom stereocenters. The number of hydrogen-bond acceptors (Lipinski definition) is 2. The molecule has 0 saturated heterocycles. The highest BCUT2D eigenvalue weighted by atomic mass is 15.1. The second-order valence-corrected chi connectivity index (χ2v) is 39.2. The Bertz CT molecular complexity index is 4660. The molecule has 520 valence electrons. The normalized spacial score (nSPS) is 36.1. The third-order valence-electron chi connectivity index (χ3n) is 34.9. The minimum atomic E-state index is -0.278. The van der Waals surface area contributed by atoms with Gasteiger partial charge in [-0.15, -0.1) is 0 Å². The second kappa shape index (κ2) is 20.7. The van der Waals surface area contributed by atoms with Gasteiger partial charge in [-0.25, -0.2) is 0 Å². The van der Waals surface area contributed by atoms with Gasteiger partial charge in [-0.2, -0.15) is 0 Å². The Morgan fingerprint density at radius 3 is 0.619 bits per heavy atom. The molecule has 16 bridgehead atoms. The van der Waals surface area contributed by atoms with Crippen LogP contribution < -0.4 is 9.80 Å². The van der Waals surface area contributed by atoms with E-state index in [4.69, 9.17) is 0 Å². The second-order valence-electron chi connectivity index (χ2n) is 39.2. The molecular weight excluding hydrogens is 1270 g/mol. The van der Waals surface area contributed by atoms with Crippen molar-refractivity contribution in [3.8, 4) is 44.5 Å². The minimum absolute atomic E-state index is 0.0846. The predicted octanol–water partition coefficient (Wildman–Crippen LogP) is 25.8. The molecule has 2 heteroatoms. The molecule has 20 aliphatic rings. The summed E-state index contributed by atoms with van der Waals surface area (Å²) in [4.78, 5) is 5.46. The van der Waals surface area contributed by atoms with Crippen LogP contribution >= 0.6 is 0 Å². The molecule has 0 heterocycles. The van der Waals surface area contributed by atoms with Crippen LogP contribution in [0, 0.1) is 94.7 Å². The maximum absolute atomic E-state index is 2.76. The molecule has 0 atom stereocenters. The van der Waals surface area contributed by atoms with Gasteiger partial charge in [0.15, 0.2) is 0 Å². The lowest BCUT2D eigenvalue weighted by Gasteiger charge is -2.61. The zero-order chi connectivity index (χ0) is 68.3. The van der Waals surface area contributed by atoms with Gasteiger partial charge in [0.05, 0.1) is 0 Å². The lowest BCUT2D eigenvalue weighted by Crippen LogP contribution is -2.55. The van der Waals surface area contributed by atoms with Gasteiger partial charge in [-0.05, 0) is 396 Å². The molecule has 0 radical (unpaired) electrons. The van der Waals surface area contributed by atoms with Crippen molar-refractivity contribution in [1.82, 2.24) is 0 Å². The maximum atomic E-state index is 2.76. The van der Waals surface area contributed by atoms with Crippen molar-refractivity contribution in [2.24, 2.45) is 94.7 Å². The number of fused-ring (bicyclic) bond motifs is 12. The van der Waals surface area contributed by atoms with E-state index in [1.165, 1.54) is 218 Å². The molecule has 0 aliphatic heterocycles. The van der Waals surface area contributed by atoms with Crippen LogP contribution in [0.4, 0.5) is 34.1 Å². The molecule has 105 heavy (non-hydrogen) atoms. The Morgan fingerprint density at radius 1 is 0.210 bits per heavy atom. The molecule has 10 aromatic rings. The smallest absolute Gasteiger partial charge is 0.0465 e. The van der Waals surface area contributed by atoms with Gasteiger partial charge in [0.2, 0.25) is 0 Å². The lowest BCUT2D eigenvalue weighted by atomic mass is 9.43. The summed E-state index contributed by atoms with van der Waals surface area (Å²) in [5, 5.41) is 0. The lowest BCUT2D eigenvalue weighted by molar-refractivity contribution is -0.0399. The van der Waals surface area contributed by atoms with Crippen LogP contribution in [0.5, 0.6) is 0 Å². The van der Waals surface area contributed by atoms with E-state index < -0.39 is 0 Å². The first kappa shape index (κ1) is 59.9. The van der Waals surface area contributed by atoms with Crippen LogP contribution in [-0.2, 0) is 27.1 Å². The van der Waals surface area contributed by atoms with E-state index >= 15 is 0 Å². The van der Waals surface area contributed by atoms with E-state index in [2.05, 4.69) is 242 Å². The molecule has 16 fully saturated rings. The summed E-state index contributed by atoms with van der Waals surface area (Å²) in [5.74, 6) is 12.9. The highest BCUT2D eigenvalue weighted by Gasteiger charge is 2.66. The average molecular weight is 1360 g/mol. The summed E-state index contributed by atoms with van der Waals surface area (Å²) >= 11 is 0. The summed E-state index contributed by atoms with van der Waals surface area (Å²) < 4.78 is 0.